The molecule has 0 radical (unpaired) electrons. The van der Waals surface area contributed by atoms with Crippen molar-refractivity contribution in [1.29, 1.82) is 0 Å². The molecular formula is C15H13N5. The van der Waals surface area contributed by atoms with E-state index in [0.717, 1.165) is 16.8 Å². The van der Waals surface area contributed by atoms with E-state index in [1.165, 1.54) is 6.33 Å². The van der Waals surface area contributed by atoms with Crippen LogP contribution in [0.15, 0.2) is 55.1 Å². The van der Waals surface area contributed by atoms with Gasteiger partial charge in [0.15, 0.2) is 5.82 Å². The zero-order chi connectivity index (χ0) is 13.8. The van der Waals surface area contributed by atoms with Crippen molar-refractivity contribution in [2.45, 2.75) is 6.92 Å². The lowest BCUT2D eigenvalue weighted by Gasteiger charge is -2.08. The second-order valence-corrected chi connectivity index (χ2v) is 4.31. The number of nitrogens with zero attached hydrogens (tertiary/aromatic N) is 4. The Bertz CT molecular complexity index is 712. The molecule has 2 heterocycles. The number of benzene rings is 1. The number of nitrogens with one attached hydrogen (secondary N) is 1. The Kier molecular flexibility index (Phi) is 3.33. The summed E-state index contributed by atoms with van der Waals surface area (Å²) in [5, 5.41) is 3.20. The Morgan fingerprint density at radius 3 is 2.70 bits per heavy atom. The molecule has 0 aliphatic rings. The van der Waals surface area contributed by atoms with Crippen LogP contribution in [-0.4, -0.2) is 19.9 Å². The van der Waals surface area contributed by atoms with E-state index in [9.17, 15) is 0 Å². The average molecular weight is 263 g/mol. The Morgan fingerprint density at radius 2 is 1.90 bits per heavy atom. The first-order valence-corrected chi connectivity index (χ1v) is 6.25. The van der Waals surface area contributed by atoms with E-state index in [-0.39, 0.29) is 0 Å². The molecule has 0 fully saturated rings. The van der Waals surface area contributed by atoms with Gasteiger partial charge in [-0.25, -0.2) is 9.97 Å². The van der Waals surface area contributed by atoms with Crippen molar-refractivity contribution in [3.05, 3.63) is 60.7 Å². The predicted octanol–water partition coefficient (Wildman–Crippen LogP) is 2.99. The third-order valence-corrected chi connectivity index (χ3v) is 2.88. The molecule has 0 unspecified atom stereocenters. The van der Waals surface area contributed by atoms with Gasteiger partial charge in [-0.3, -0.25) is 4.98 Å². The summed E-state index contributed by atoms with van der Waals surface area (Å²) in [5.41, 5.74) is 2.98. The Hall–Kier alpha value is -2.82. The van der Waals surface area contributed by atoms with Crippen LogP contribution in [0.25, 0.3) is 11.4 Å². The van der Waals surface area contributed by atoms with Gasteiger partial charge >= 0.3 is 0 Å². The van der Waals surface area contributed by atoms with Crippen LogP contribution < -0.4 is 5.32 Å². The SMILES string of the molecule is Cc1ccccc1Nc1ncnc(-c2cccnc2)n1. The summed E-state index contributed by atoms with van der Waals surface area (Å²) in [7, 11) is 0. The second-order valence-electron chi connectivity index (χ2n) is 4.31. The van der Waals surface area contributed by atoms with E-state index in [0.29, 0.717) is 11.8 Å². The zero-order valence-electron chi connectivity index (χ0n) is 11.0. The Balaban J connectivity index is 1.91. The first-order chi connectivity index (χ1) is 9.83. The summed E-state index contributed by atoms with van der Waals surface area (Å²) in [6, 6.07) is 11.8. The molecule has 0 amide bonds. The first-order valence-electron chi connectivity index (χ1n) is 6.25. The number of hydrogen-bond donors (Lipinski definition) is 1. The van der Waals surface area contributed by atoms with Crippen molar-refractivity contribution in [1.82, 2.24) is 19.9 Å². The third kappa shape index (κ3) is 2.61. The van der Waals surface area contributed by atoms with E-state index >= 15 is 0 Å². The highest BCUT2D eigenvalue weighted by molar-refractivity contribution is 5.60. The number of aromatic nitrogens is 4. The summed E-state index contributed by atoms with van der Waals surface area (Å²) < 4.78 is 0. The number of aryl methyl sites for hydroxylation is 1. The van der Waals surface area contributed by atoms with Gasteiger partial charge in [0, 0.05) is 23.6 Å². The lowest BCUT2D eigenvalue weighted by atomic mass is 10.2. The number of anilines is 2. The maximum absolute atomic E-state index is 4.41. The van der Waals surface area contributed by atoms with Crippen LogP contribution in [0.2, 0.25) is 0 Å². The van der Waals surface area contributed by atoms with Gasteiger partial charge in [0.25, 0.3) is 0 Å². The van der Waals surface area contributed by atoms with Gasteiger partial charge in [0.05, 0.1) is 0 Å². The molecule has 5 heteroatoms. The van der Waals surface area contributed by atoms with Crippen LogP contribution in [0.1, 0.15) is 5.56 Å². The van der Waals surface area contributed by atoms with Crippen molar-refractivity contribution in [2.24, 2.45) is 0 Å². The van der Waals surface area contributed by atoms with Gasteiger partial charge < -0.3 is 5.32 Å². The van der Waals surface area contributed by atoms with Gasteiger partial charge in [0.2, 0.25) is 5.95 Å². The van der Waals surface area contributed by atoms with Crippen molar-refractivity contribution >= 4 is 11.6 Å². The number of rotatable bonds is 3. The van der Waals surface area contributed by atoms with Crippen LogP contribution in [0.3, 0.4) is 0 Å². The average Bonchev–Trinajstić information content (AvgIpc) is 2.51. The second kappa shape index (κ2) is 5.44. The summed E-state index contributed by atoms with van der Waals surface area (Å²) in [5.74, 6) is 1.12. The fourth-order valence-corrected chi connectivity index (χ4v) is 1.82. The van der Waals surface area contributed by atoms with Crippen LogP contribution in [0.4, 0.5) is 11.6 Å². The van der Waals surface area contributed by atoms with Crippen LogP contribution in [0, 0.1) is 6.92 Å². The number of pyridine rings is 1. The molecule has 0 aliphatic carbocycles. The van der Waals surface area contributed by atoms with Crippen LogP contribution >= 0.6 is 0 Å². The summed E-state index contributed by atoms with van der Waals surface area (Å²) in [6.07, 6.45) is 4.94. The molecule has 20 heavy (non-hydrogen) atoms. The fourth-order valence-electron chi connectivity index (χ4n) is 1.82. The summed E-state index contributed by atoms with van der Waals surface area (Å²) in [6.45, 7) is 2.03. The van der Waals surface area contributed by atoms with Gasteiger partial charge in [-0.2, -0.15) is 4.98 Å². The smallest absolute Gasteiger partial charge is 0.230 e. The molecule has 3 aromatic rings. The van der Waals surface area contributed by atoms with Crippen LogP contribution in [0.5, 0.6) is 0 Å². The molecule has 0 bridgehead atoms. The maximum Gasteiger partial charge on any atom is 0.230 e. The van der Waals surface area contributed by atoms with Crippen molar-refractivity contribution < 1.29 is 0 Å². The minimum Gasteiger partial charge on any atom is -0.324 e. The zero-order valence-corrected chi connectivity index (χ0v) is 11.0. The standard InChI is InChI=1S/C15H13N5/c1-11-5-2-3-7-13(11)19-15-18-10-17-14(20-15)12-6-4-8-16-9-12/h2-10H,1H3,(H,17,18,19,20). The molecule has 98 valence electrons. The summed E-state index contributed by atoms with van der Waals surface area (Å²) in [4.78, 5) is 16.8. The normalized spacial score (nSPS) is 10.2. The fraction of sp³-hybridized carbons (Fsp3) is 0.0667. The molecule has 0 saturated heterocycles. The maximum atomic E-state index is 4.41. The van der Waals surface area contributed by atoms with Gasteiger partial charge in [-0.1, -0.05) is 18.2 Å². The Labute approximate surface area is 116 Å². The van der Waals surface area contributed by atoms with E-state index < -0.39 is 0 Å². The lowest BCUT2D eigenvalue weighted by molar-refractivity contribution is 1.06. The van der Waals surface area contributed by atoms with Gasteiger partial charge in [-0.05, 0) is 30.7 Å². The molecule has 0 saturated carbocycles. The Morgan fingerprint density at radius 1 is 1.00 bits per heavy atom. The minimum atomic E-state index is 0.521. The topological polar surface area (TPSA) is 63.6 Å². The minimum absolute atomic E-state index is 0.521. The van der Waals surface area contributed by atoms with E-state index in [2.05, 4.69) is 25.3 Å². The lowest BCUT2D eigenvalue weighted by Crippen LogP contribution is -2.01. The van der Waals surface area contributed by atoms with Crippen molar-refractivity contribution in [3.8, 4) is 11.4 Å². The molecule has 1 N–H and O–H groups in total. The number of para-hydroxylation sites is 1. The highest BCUT2D eigenvalue weighted by atomic mass is 15.1. The molecular weight excluding hydrogens is 250 g/mol. The largest absolute Gasteiger partial charge is 0.324 e. The van der Waals surface area contributed by atoms with Gasteiger partial charge in [0.1, 0.15) is 6.33 Å². The monoisotopic (exact) mass is 263 g/mol. The molecule has 2 aromatic heterocycles. The quantitative estimate of drug-likeness (QED) is 0.787. The van der Waals surface area contributed by atoms with E-state index in [4.69, 9.17) is 0 Å². The molecule has 5 nitrogen and oxygen atoms in total. The molecule has 0 atom stereocenters. The molecule has 0 aliphatic heterocycles. The predicted molar refractivity (Wildman–Crippen MR) is 77.5 cm³/mol. The highest BCUT2D eigenvalue weighted by Crippen LogP contribution is 2.19. The van der Waals surface area contributed by atoms with Crippen LogP contribution in [-0.2, 0) is 0 Å². The highest BCUT2D eigenvalue weighted by Gasteiger charge is 2.05. The van der Waals surface area contributed by atoms with E-state index in [1.807, 2.05) is 43.3 Å². The molecule has 3 rings (SSSR count). The van der Waals surface area contributed by atoms with Gasteiger partial charge in [-0.15, -0.1) is 0 Å². The van der Waals surface area contributed by atoms with Crippen molar-refractivity contribution in [3.63, 3.8) is 0 Å². The molecule has 0 spiro atoms. The summed E-state index contributed by atoms with van der Waals surface area (Å²) >= 11 is 0. The third-order valence-electron chi connectivity index (χ3n) is 2.88. The first kappa shape index (κ1) is 12.2. The number of hydrogen-bond acceptors (Lipinski definition) is 5. The molecule has 1 aromatic carbocycles. The van der Waals surface area contributed by atoms with E-state index in [1.54, 1.807) is 12.4 Å². The van der Waals surface area contributed by atoms with Crippen molar-refractivity contribution in [2.75, 3.05) is 5.32 Å².